The van der Waals surface area contributed by atoms with Crippen molar-refractivity contribution >= 4 is 28.8 Å². The van der Waals surface area contributed by atoms with Gasteiger partial charge in [-0.3, -0.25) is 4.79 Å². The predicted octanol–water partition coefficient (Wildman–Crippen LogP) is 3.17. The van der Waals surface area contributed by atoms with Crippen molar-refractivity contribution in [2.75, 3.05) is 5.75 Å². The molecule has 0 saturated heterocycles. The van der Waals surface area contributed by atoms with Crippen molar-refractivity contribution in [1.82, 2.24) is 19.7 Å². The zero-order chi connectivity index (χ0) is 17.1. The number of aryl methyl sites for hydroxylation is 1. The molecular weight excluding hydrogens is 324 g/mol. The van der Waals surface area contributed by atoms with Gasteiger partial charge in [-0.05, 0) is 32.9 Å². The van der Waals surface area contributed by atoms with Gasteiger partial charge < -0.3 is 4.74 Å². The van der Waals surface area contributed by atoms with Gasteiger partial charge in [0, 0.05) is 0 Å². The lowest BCUT2D eigenvalue weighted by atomic mass is 10.2. The van der Waals surface area contributed by atoms with Crippen LogP contribution in [-0.4, -0.2) is 37.6 Å². The zero-order valence-electron chi connectivity index (χ0n) is 13.8. The van der Waals surface area contributed by atoms with E-state index in [1.165, 1.54) is 23.7 Å². The number of carbonyl (C=O) groups excluding carboxylic acids is 1. The Balaban J connectivity index is 1.86. The van der Waals surface area contributed by atoms with Crippen LogP contribution >= 0.6 is 11.8 Å². The number of esters is 1. The first-order valence-electron chi connectivity index (χ1n) is 7.62. The maximum atomic E-state index is 11.7. The molecule has 124 valence electrons. The number of ether oxygens (including phenoxy) is 1. The van der Waals surface area contributed by atoms with Gasteiger partial charge in [0.05, 0.1) is 29.1 Å². The molecule has 24 heavy (non-hydrogen) atoms. The summed E-state index contributed by atoms with van der Waals surface area (Å²) in [5, 5.41) is 5.96. The number of rotatable bonds is 5. The number of thioether (sulfide) groups is 1. The Morgan fingerprint density at radius 3 is 2.71 bits per heavy atom. The Morgan fingerprint density at radius 1 is 1.25 bits per heavy atom. The standard InChI is InChI=1S/C17H18N4O2S/c1-11(2)23-15(22)9-24-17-14-8-20-21(16(14)18-10-19-17)13-6-4-12(3)5-7-13/h4-8,10-11H,9H2,1-3H3. The van der Waals surface area contributed by atoms with Gasteiger partial charge in [-0.25, -0.2) is 14.6 Å². The van der Waals surface area contributed by atoms with Crippen molar-refractivity contribution in [3.63, 3.8) is 0 Å². The zero-order valence-corrected chi connectivity index (χ0v) is 14.6. The number of aromatic nitrogens is 4. The van der Waals surface area contributed by atoms with Crippen LogP contribution in [0.15, 0.2) is 41.8 Å². The first-order chi connectivity index (χ1) is 11.5. The summed E-state index contributed by atoms with van der Waals surface area (Å²) >= 11 is 1.33. The van der Waals surface area contributed by atoms with Crippen LogP contribution < -0.4 is 0 Å². The van der Waals surface area contributed by atoms with E-state index < -0.39 is 0 Å². The lowest BCUT2D eigenvalue weighted by molar-refractivity contribution is -0.144. The predicted molar refractivity (Wildman–Crippen MR) is 93.3 cm³/mol. The highest BCUT2D eigenvalue weighted by atomic mass is 32.2. The molecule has 2 heterocycles. The van der Waals surface area contributed by atoms with Gasteiger partial charge in [0.2, 0.25) is 0 Å². The number of nitrogens with zero attached hydrogens (tertiary/aromatic N) is 4. The van der Waals surface area contributed by atoms with Gasteiger partial charge >= 0.3 is 5.97 Å². The molecule has 1 aromatic carbocycles. The lowest BCUT2D eigenvalue weighted by Gasteiger charge is -2.07. The first-order valence-corrected chi connectivity index (χ1v) is 8.61. The van der Waals surface area contributed by atoms with Gasteiger partial charge in [-0.15, -0.1) is 0 Å². The Morgan fingerprint density at radius 2 is 2.00 bits per heavy atom. The van der Waals surface area contributed by atoms with E-state index in [4.69, 9.17) is 4.74 Å². The fourth-order valence-corrected chi connectivity index (χ4v) is 2.98. The van der Waals surface area contributed by atoms with Gasteiger partial charge in [0.25, 0.3) is 0 Å². The van der Waals surface area contributed by atoms with Gasteiger partial charge in [0.15, 0.2) is 5.65 Å². The summed E-state index contributed by atoms with van der Waals surface area (Å²) in [6.45, 7) is 5.70. The second kappa shape index (κ2) is 7.00. The molecule has 0 N–H and O–H groups in total. The van der Waals surface area contributed by atoms with Crippen molar-refractivity contribution < 1.29 is 9.53 Å². The quantitative estimate of drug-likeness (QED) is 0.403. The van der Waals surface area contributed by atoms with Crippen LogP contribution in [0.25, 0.3) is 16.7 Å². The van der Waals surface area contributed by atoms with Crippen LogP contribution in [0.3, 0.4) is 0 Å². The number of fused-ring (bicyclic) bond motifs is 1. The number of carbonyl (C=O) groups is 1. The van der Waals surface area contributed by atoms with E-state index in [-0.39, 0.29) is 17.8 Å². The molecule has 0 atom stereocenters. The van der Waals surface area contributed by atoms with Crippen molar-refractivity contribution in [2.45, 2.75) is 31.9 Å². The van der Waals surface area contributed by atoms with E-state index in [2.05, 4.69) is 15.1 Å². The second-order valence-electron chi connectivity index (χ2n) is 5.64. The first kappa shape index (κ1) is 16.4. The second-order valence-corrected chi connectivity index (χ2v) is 6.60. The highest BCUT2D eigenvalue weighted by Crippen LogP contribution is 2.26. The van der Waals surface area contributed by atoms with Crippen LogP contribution in [0.4, 0.5) is 0 Å². The van der Waals surface area contributed by atoms with E-state index in [9.17, 15) is 4.79 Å². The molecule has 3 rings (SSSR count). The molecule has 7 heteroatoms. The van der Waals surface area contributed by atoms with Crippen molar-refractivity contribution in [1.29, 1.82) is 0 Å². The molecule has 0 bridgehead atoms. The number of benzene rings is 1. The summed E-state index contributed by atoms with van der Waals surface area (Å²) in [6, 6.07) is 8.05. The normalized spacial score (nSPS) is 11.2. The maximum absolute atomic E-state index is 11.7. The third kappa shape index (κ3) is 3.56. The highest BCUT2D eigenvalue weighted by molar-refractivity contribution is 8.00. The Hall–Kier alpha value is -2.41. The topological polar surface area (TPSA) is 69.9 Å². The van der Waals surface area contributed by atoms with E-state index in [0.29, 0.717) is 5.65 Å². The molecule has 0 aliphatic carbocycles. The molecule has 0 fully saturated rings. The van der Waals surface area contributed by atoms with E-state index >= 15 is 0 Å². The Kier molecular flexibility index (Phi) is 4.80. The molecule has 0 saturated carbocycles. The lowest BCUT2D eigenvalue weighted by Crippen LogP contribution is -2.13. The molecule has 0 aliphatic rings. The molecule has 3 aromatic rings. The summed E-state index contributed by atoms with van der Waals surface area (Å²) in [6.07, 6.45) is 3.10. The molecule has 0 amide bonds. The van der Waals surface area contributed by atoms with E-state index in [1.54, 1.807) is 10.9 Å². The summed E-state index contributed by atoms with van der Waals surface area (Å²) in [7, 11) is 0. The maximum Gasteiger partial charge on any atom is 0.316 e. The third-order valence-electron chi connectivity index (χ3n) is 3.30. The van der Waals surface area contributed by atoms with Gasteiger partial charge in [-0.1, -0.05) is 29.5 Å². The molecule has 2 aromatic heterocycles. The molecule has 0 spiro atoms. The monoisotopic (exact) mass is 342 g/mol. The molecular formula is C17H18N4O2S. The Labute approximate surface area is 144 Å². The summed E-state index contributed by atoms with van der Waals surface area (Å²) in [4.78, 5) is 20.3. The highest BCUT2D eigenvalue weighted by Gasteiger charge is 2.14. The Bertz CT molecular complexity index is 859. The number of hydrogen-bond acceptors (Lipinski definition) is 6. The molecule has 0 unspecified atom stereocenters. The summed E-state index contributed by atoms with van der Waals surface area (Å²) in [5.41, 5.74) is 2.84. The summed E-state index contributed by atoms with van der Waals surface area (Å²) in [5.74, 6) is -0.0484. The van der Waals surface area contributed by atoms with Crippen LogP contribution in [0.2, 0.25) is 0 Å². The largest absolute Gasteiger partial charge is 0.462 e. The minimum atomic E-state index is -0.257. The molecule has 6 nitrogen and oxygen atoms in total. The van der Waals surface area contributed by atoms with Crippen molar-refractivity contribution in [3.05, 3.63) is 42.4 Å². The minimum absolute atomic E-state index is 0.118. The van der Waals surface area contributed by atoms with Crippen LogP contribution in [0, 0.1) is 6.92 Å². The fourth-order valence-electron chi connectivity index (χ4n) is 2.24. The average Bonchev–Trinajstić information content (AvgIpc) is 2.97. The third-order valence-corrected chi connectivity index (χ3v) is 4.28. The summed E-state index contributed by atoms with van der Waals surface area (Å²) < 4.78 is 6.92. The average molecular weight is 342 g/mol. The van der Waals surface area contributed by atoms with Crippen LogP contribution in [0.5, 0.6) is 0 Å². The van der Waals surface area contributed by atoms with Crippen LogP contribution in [-0.2, 0) is 9.53 Å². The number of hydrogen-bond donors (Lipinski definition) is 0. The minimum Gasteiger partial charge on any atom is -0.462 e. The van der Waals surface area contributed by atoms with Gasteiger partial charge in [-0.2, -0.15) is 5.10 Å². The van der Waals surface area contributed by atoms with Crippen LogP contribution in [0.1, 0.15) is 19.4 Å². The molecule has 0 aliphatic heterocycles. The van der Waals surface area contributed by atoms with E-state index in [1.807, 2.05) is 45.0 Å². The SMILES string of the molecule is Cc1ccc(-n2ncc3c(SCC(=O)OC(C)C)ncnc32)cc1. The van der Waals surface area contributed by atoms with Crippen molar-refractivity contribution in [3.8, 4) is 5.69 Å². The van der Waals surface area contributed by atoms with Crippen molar-refractivity contribution in [2.24, 2.45) is 0 Å². The molecule has 0 radical (unpaired) electrons. The smallest absolute Gasteiger partial charge is 0.316 e. The van der Waals surface area contributed by atoms with Gasteiger partial charge in [0.1, 0.15) is 11.4 Å². The fraction of sp³-hybridized carbons (Fsp3) is 0.294. The van der Waals surface area contributed by atoms with E-state index in [0.717, 1.165) is 16.1 Å².